The zero-order chi connectivity index (χ0) is 17.5. The van der Waals surface area contributed by atoms with Crippen LogP contribution in [-0.2, 0) is 4.94 Å². The van der Waals surface area contributed by atoms with Gasteiger partial charge < -0.3 is 0 Å². The Morgan fingerprint density at radius 1 is 1.30 bits per heavy atom. The Bertz CT molecular complexity index is 484. The molecular formula is C18H28FNO2S. The Kier molecular flexibility index (Phi) is 8.06. The lowest BCUT2D eigenvalue weighted by atomic mass is 9.95. The third-order valence-corrected chi connectivity index (χ3v) is 4.23. The van der Waals surface area contributed by atoms with Crippen molar-refractivity contribution >= 4 is 18.8 Å². The number of hydrogen-bond acceptors (Lipinski definition) is 4. The zero-order valence-electron chi connectivity index (χ0n) is 14.4. The van der Waals surface area contributed by atoms with E-state index in [1.165, 1.54) is 12.8 Å². The van der Waals surface area contributed by atoms with E-state index in [-0.39, 0.29) is 11.6 Å². The van der Waals surface area contributed by atoms with Gasteiger partial charge >= 0.3 is 5.97 Å². The molecule has 5 heteroatoms. The molecule has 0 radical (unpaired) electrons. The van der Waals surface area contributed by atoms with Crippen molar-refractivity contribution in [2.45, 2.75) is 59.4 Å². The van der Waals surface area contributed by atoms with Crippen LogP contribution in [0.15, 0.2) is 24.3 Å². The fraction of sp³-hybridized carbons (Fsp3) is 0.611. The Morgan fingerprint density at radius 2 is 1.83 bits per heavy atom. The van der Waals surface area contributed by atoms with Crippen LogP contribution < -0.4 is 4.72 Å². The predicted octanol–water partition coefficient (Wildman–Crippen LogP) is 5.45. The van der Waals surface area contributed by atoms with E-state index in [2.05, 4.69) is 50.2 Å². The van der Waals surface area contributed by atoms with Gasteiger partial charge in [0.1, 0.15) is 0 Å². The Hall–Kier alpha value is -1.07. The fourth-order valence-electron chi connectivity index (χ4n) is 2.16. The van der Waals surface area contributed by atoms with Gasteiger partial charge in [0.2, 0.25) is 0 Å². The van der Waals surface area contributed by atoms with E-state index < -0.39 is 5.97 Å². The van der Waals surface area contributed by atoms with Crippen LogP contribution in [0.25, 0.3) is 0 Å². The second-order valence-corrected chi connectivity index (χ2v) is 7.51. The normalized spacial score (nSPS) is 16.3. The van der Waals surface area contributed by atoms with Crippen LogP contribution in [0.5, 0.6) is 0 Å². The highest BCUT2D eigenvalue weighted by molar-refractivity contribution is 7.78. The summed E-state index contributed by atoms with van der Waals surface area (Å²) >= 11 is 4.16. The van der Waals surface area contributed by atoms with Gasteiger partial charge in [0.25, 0.3) is 0 Å². The Balaban J connectivity index is 0.000000593. The predicted molar refractivity (Wildman–Crippen MR) is 94.9 cm³/mol. The number of thiol groups is 1. The summed E-state index contributed by atoms with van der Waals surface area (Å²) in [4.78, 5) is 14.2. The number of benzene rings is 1. The molecule has 130 valence electrons. The van der Waals surface area contributed by atoms with Crippen LogP contribution in [0.1, 0.15) is 75.3 Å². The second kappa shape index (κ2) is 9.28. The molecule has 0 amide bonds. The molecule has 1 aromatic carbocycles. The first-order chi connectivity index (χ1) is 10.8. The number of halogens is 1. The van der Waals surface area contributed by atoms with Crippen molar-refractivity contribution < 1.29 is 14.3 Å². The maximum Gasteiger partial charge on any atom is 0.379 e. The largest absolute Gasteiger partial charge is 0.379 e. The molecule has 1 unspecified atom stereocenters. The summed E-state index contributed by atoms with van der Waals surface area (Å²) in [6.07, 6.45) is 4.74. The number of nitrogens with one attached hydrogen (secondary N) is 1. The van der Waals surface area contributed by atoms with E-state index in [9.17, 15) is 9.32 Å². The van der Waals surface area contributed by atoms with Crippen LogP contribution in [-0.4, -0.2) is 5.97 Å². The summed E-state index contributed by atoms with van der Waals surface area (Å²) in [5.74, 6) is -0.132. The van der Waals surface area contributed by atoms with Gasteiger partial charge in [0.15, 0.2) is 0 Å². The van der Waals surface area contributed by atoms with E-state index >= 15 is 0 Å². The lowest BCUT2D eigenvalue weighted by molar-refractivity contribution is -0.0788. The van der Waals surface area contributed by atoms with E-state index in [0.29, 0.717) is 5.41 Å². The molecule has 1 aliphatic carbocycles. The minimum Gasteiger partial charge on any atom is -0.259 e. The van der Waals surface area contributed by atoms with Gasteiger partial charge in [-0.3, -0.25) is 4.72 Å². The average Bonchev–Trinajstić information content (AvgIpc) is 3.25. The van der Waals surface area contributed by atoms with Crippen LogP contribution in [0.2, 0.25) is 0 Å². The zero-order valence-corrected chi connectivity index (χ0v) is 15.3. The molecule has 1 fully saturated rings. The van der Waals surface area contributed by atoms with Crippen molar-refractivity contribution in [1.82, 2.24) is 4.72 Å². The summed E-state index contributed by atoms with van der Waals surface area (Å²) in [7, 11) is 0. The molecule has 0 spiro atoms. The van der Waals surface area contributed by atoms with E-state index in [4.69, 9.17) is 0 Å². The molecule has 1 saturated carbocycles. The van der Waals surface area contributed by atoms with Crippen molar-refractivity contribution in [1.29, 1.82) is 0 Å². The lowest BCUT2D eigenvalue weighted by Crippen LogP contribution is -2.13. The summed E-state index contributed by atoms with van der Waals surface area (Å²) in [6.45, 7) is 8.79. The maximum atomic E-state index is 11.8. The molecule has 0 saturated heterocycles. The fourth-order valence-corrected chi connectivity index (χ4v) is 2.44. The van der Waals surface area contributed by atoms with Gasteiger partial charge in [0.05, 0.1) is 5.56 Å². The smallest absolute Gasteiger partial charge is 0.259 e. The van der Waals surface area contributed by atoms with E-state index in [1.807, 2.05) is 0 Å². The summed E-state index contributed by atoms with van der Waals surface area (Å²) < 4.78 is 14.8. The van der Waals surface area contributed by atoms with E-state index in [1.54, 1.807) is 24.3 Å². The molecule has 3 nitrogen and oxygen atoms in total. The van der Waals surface area contributed by atoms with Gasteiger partial charge in [-0.05, 0) is 54.7 Å². The summed E-state index contributed by atoms with van der Waals surface area (Å²) in [5.41, 5.74) is 1.74. The second-order valence-electron chi connectivity index (χ2n) is 7.25. The first-order valence-corrected chi connectivity index (χ1v) is 8.58. The monoisotopic (exact) mass is 341 g/mol. The highest BCUT2D eigenvalue weighted by Gasteiger charge is 2.37. The molecule has 1 aliphatic rings. The van der Waals surface area contributed by atoms with Crippen LogP contribution in [0.3, 0.4) is 0 Å². The molecule has 1 atom stereocenters. The van der Waals surface area contributed by atoms with Crippen molar-refractivity contribution in [3.05, 3.63) is 35.4 Å². The van der Waals surface area contributed by atoms with Crippen molar-refractivity contribution in [3.8, 4) is 0 Å². The lowest BCUT2D eigenvalue weighted by Gasteiger charge is -2.18. The molecule has 1 aromatic rings. The Morgan fingerprint density at radius 3 is 2.22 bits per heavy atom. The first-order valence-electron chi connectivity index (χ1n) is 8.14. The number of hydrogen-bond donors (Lipinski definition) is 2. The van der Waals surface area contributed by atoms with Crippen molar-refractivity contribution in [3.63, 3.8) is 0 Å². The van der Waals surface area contributed by atoms with Crippen LogP contribution in [0, 0.1) is 11.3 Å². The molecule has 0 aliphatic heterocycles. The SMILES string of the molecule is CC(C)C.CC1(CCC(NS)c2ccc(C(=O)OF)cc2)CC1. The van der Waals surface area contributed by atoms with Gasteiger partial charge in [-0.15, -0.1) is 0 Å². The topological polar surface area (TPSA) is 38.3 Å². The molecule has 1 N–H and O–H groups in total. The van der Waals surface area contributed by atoms with E-state index in [0.717, 1.165) is 24.3 Å². The maximum absolute atomic E-state index is 11.8. The highest BCUT2D eigenvalue weighted by atomic mass is 32.1. The minimum atomic E-state index is -0.965. The standard InChI is InChI=1S/C14H18FNO2S.C4H10/c1-14(8-9-14)7-6-12(16-19)10-2-4-11(5-3-10)13(17)18-15;1-4(2)3/h2-5,12,16,19H,6-9H2,1H3;4H,1-3H3. The van der Waals surface area contributed by atoms with Gasteiger partial charge in [-0.25, -0.2) is 9.74 Å². The molecule has 0 bridgehead atoms. The van der Waals surface area contributed by atoms with Gasteiger partial charge in [-0.1, -0.05) is 52.6 Å². The average molecular weight is 341 g/mol. The summed E-state index contributed by atoms with van der Waals surface area (Å²) in [6, 6.07) is 6.86. The number of rotatable bonds is 6. The molecule has 0 heterocycles. The molecule has 0 aromatic heterocycles. The van der Waals surface area contributed by atoms with Crippen LogP contribution in [0.4, 0.5) is 4.53 Å². The van der Waals surface area contributed by atoms with Gasteiger partial charge in [-0.2, -0.15) is 0 Å². The summed E-state index contributed by atoms with van der Waals surface area (Å²) in [5, 5.41) is 0. The van der Waals surface area contributed by atoms with Gasteiger partial charge in [0, 0.05) is 10.6 Å². The molecular weight excluding hydrogens is 313 g/mol. The highest BCUT2D eigenvalue weighted by Crippen LogP contribution is 2.49. The number of carbonyl (C=O) groups is 1. The van der Waals surface area contributed by atoms with Crippen LogP contribution >= 0.6 is 12.8 Å². The minimum absolute atomic E-state index is 0.135. The quantitative estimate of drug-likeness (QED) is 0.676. The Labute approximate surface area is 144 Å². The van der Waals surface area contributed by atoms with Crippen molar-refractivity contribution in [2.24, 2.45) is 11.3 Å². The molecule has 23 heavy (non-hydrogen) atoms. The van der Waals surface area contributed by atoms with Crippen molar-refractivity contribution in [2.75, 3.05) is 0 Å². The number of carbonyl (C=O) groups excluding carboxylic acids is 1. The first kappa shape index (κ1) is 20.0. The third-order valence-electron chi connectivity index (χ3n) is 3.91. The molecule has 2 rings (SSSR count). The third kappa shape index (κ3) is 7.36.